The molecular weight excluding hydrogens is 402 g/mol. The number of nitrogens with zero attached hydrogens (tertiary/aromatic N) is 2. The monoisotopic (exact) mass is 411 g/mol. The Morgan fingerprint density at radius 1 is 1.48 bits per heavy atom. The fourth-order valence-corrected chi connectivity index (χ4v) is 2.36. The number of carbonyl (C=O) groups is 1. The van der Waals surface area contributed by atoms with E-state index in [2.05, 4.69) is 15.2 Å². The van der Waals surface area contributed by atoms with Gasteiger partial charge in [-0.1, -0.05) is 0 Å². The molecule has 0 saturated heterocycles. The zero-order valence-corrected chi connectivity index (χ0v) is 12.8. The summed E-state index contributed by atoms with van der Waals surface area (Å²) < 4.78 is 43.8. The van der Waals surface area contributed by atoms with E-state index in [1.807, 2.05) is 22.6 Å². The zero-order chi connectivity index (χ0) is 15.6. The Morgan fingerprint density at radius 3 is 2.76 bits per heavy atom. The zero-order valence-electron chi connectivity index (χ0n) is 10.6. The van der Waals surface area contributed by atoms with Crippen molar-refractivity contribution >= 4 is 34.2 Å². The van der Waals surface area contributed by atoms with Crippen molar-refractivity contribution in [2.45, 2.75) is 6.61 Å². The van der Waals surface area contributed by atoms with Gasteiger partial charge in [0.15, 0.2) is 5.75 Å². The van der Waals surface area contributed by atoms with Gasteiger partial charge in [-0.2, -0.15) is 13.9 Å². The van der Waals surface area contributed by atoms with Gasteiger partial charge < -0.3 is 10.1 Å². The highest BCUT2D eigenvalue weighted by molar-refractivity contribution is 14.1. The SMILES string of the molecule is Cn1ncc(I)c1C(=O)Nc1ccc(F)cc1OC(F)F. The molecule has 0 atom stereocenters. The van der Waals surface area contributed by atoms with E-state index in [4.69, 9.17) is 0 Å². The number of nitrogens with one attached hydrogen (secondary N) is 1. The smallest absolute Gasteiger partial charge is 0.387 e. The van der Waals surface area contributed by atoms with Gasteiger partial charge in [0.2, 0.25) is 0 Å². The van der Waals surface area contributed by atoms with E-state index in [-0.39, 0.29) is 11.4 Å². The highest BCUT2D eigenvalue weighted by Crippen LogP contribution is 2.27. The summed E-state index contributed by atoms with van der Waals surface area (Å²) in [5.74, 6) is -1.76. The van der Waals surface area contributed by atoms with Gasteiger partial charge in [0, 0.05) is 13.1 Å². The molecule has 0 saturated carbocycles. The fraction of sp³-hybridized carbons (Fsp3) is 0.167. The Labute approximate surface area is 131 Å². The molecule has 0 aliphatic rings. The molecule has 9 heteroatoms. The second-order valence-electron chi connectivity index (χ2n) is 3.94. The minimum absolute atomic E-state index is 0.0568. The number of hydrogen-bond acceptors (Lipinski definition) is 3. The first-order valence-electron chi connectivity index (χ1n) is 5.61. The van der Waals surface area contributed by atoms with Crippen LogP contribution in [0.2, 0.25) is 0 Å². The standard InChI is InChI=1S/C12H9F3IN3O2/c1-19-10(7(16)5-17-19)11(20)18-8-3-2-6(13)4-9(8)21-12(14)15/h2-5,12H,1H3,(H,18,20). The maximum atomic E-state index is 13.1. The van der Waals surface area contributed by atoms with Crippen LogP contribution in [0.25, 0.3) is 0 Å². The predicted molar refractivity (Wildman–Crippen MR) is 76.9 cm³/mol. The summed E-state index contributed by atoms with van der Waals surface area (Å²) >= 11 is 1.92. The first-order chi connectivity index (χ1) is 9.88. The number of ether oxygens (including phenoxy) is 1. The van der Waals surface area contributed by atoms with Crippen LogP contribution < -0.4 is 10.1 Å². The molecule has 1 aromatic carbocycles. The minimum atomic E-state index is -3.13. The Hall–Kier alpha value is -1.78. The molecule has 5 nitrogen and oxygen atoms in total. The molecule has 2 rings (SSSR count). The van der Waals surface area contributed by atoms with Crippen LogP contribution in [0.15, 0.2) is 24.4 Å². The van der Waals surface area contributed by atoms with Crippen molar-refractivity contribution in [3.63, 3.8) is 0 Å². The molecular formula is C12H9F3IN3O2. The normalized spacial score (nSPS) is 10.8. The molecule has 1 heterocycles. The molecule has 0 bridgehead atoms. The molecule has 0 fully saturated rings. The summed E-state index contributed by atoms with van der Waals surface area (Å²) in [7, 11) is 1.57. The lowest BCUT2D eigenvalue weighted by Gasteiger charge is -2.12. The number of anilines is 1. The number of carbonyl (C=O) groups excluding carboxylic acids is 1. The number of hydrogen-bond donors (Lipinski definition) is 1. The van der Waals surface area contributed by atoms with Gasteiger partial charge in [-0.05, 0) is 34.7 Å². The summed E-state index contributed by atoms with van der Waals surface area (Å²) in [6, 6.07) is 2.95. The van der Waals surface area contributed by atoms with E-state index in [1.165, 1.54) is 10.9 Å². The van der Waals surface area contributed by atoms with E-state index in [9.17, 15) is 18.0 Å². The number of aromatic nitrogens is 2. The molecule has 1 N–H and O–H groups in total. The second kappa shape index (κ2) is 6.33. The third kappa shape index (κ3) is 3.65. The third-order valence-electron chi connectivity index (χ3n) is 2.52. The highest BCUT2D eigenvalue weighted by atomic mass is 127. The first-order valence-corrected chi connectivity index (χ1v) is 6.69. The number of rotatable bonds is 4. The van der Waals surface area contributed by atoms with Crippen molar-refractivity contribution in [3.8, 4) is 5.75 Å². The fourth-order valence-electron chi connectivity index (χ4n) is 1.64. The summed E-state index contributed by atoms with van der Waals surface area (Å²) in [4.78, 5) is 12.1. The maximum Gasteiger partial charge on any atom is 0.387 e. The van der Waals surface area contributed by atoms with E-state index >= 15 is 0 Å². The quantitative estimate of drug-likeness (QED) is 0.788. The molecule has 0 aliphatic heterocycles. The first kappa shape index (κ1) is 15.6. The lowest BCUT2D eigenvalue weighted by atomic mass is 10.2. The van der Waals surface area contributed by atoms with Crippen LogP contribution in [-0.4, -0.2) is 22.3 Å². The summed E-state index contributed by atoms with van der Waals surface area (Å²) in [6.07, 6.45) is 1.48. The Morgan fingerprint density at radius 2 is 2.19 bits per heavy atom. The van der Waals surface area contributed by atoms with Gasteiger partial charge in [0.1, 0.15) is 11.5 Å². The van der Waals surface area contributed by atoms with Crippen molar-refractivity contribution < 1.29 is 22.7 Å². The Bertz CT molecular complexity index is 656. The topological polar surface area (TPSA) is 56.2 Å². The molecule has 21 heavy (non-hydrogen) atoms. The number of halogens is 4. The van der Waals surface area contributed by atoms with Crippen molar-refractivity contribution in [1.82, 2.24) is 9.78 Å². The average Bonchev–Trinajstić information content (AvgIpc) is 2.71. The van der Waals surface area contributed by atoms with E-state index in [0.717, 1.165) is 18.2 Å². The average molecular weight is 411 g/mol. The lowest BCUT2D eigenvalue weighted by Crippen LogP contribution is -2.18. The van der Waals surface area contributed by atoms with E-state index in [0.29, 0.717) is 3.57 Å². The van der Waals surface area contributed by atoms with Gasteiger partial charge in [0.05, 0.1) is 15.5 Å². The van der Waals surface area contributed by atoms with Crippen molar-refractivity contribution in [1.29, 1.82) is 0 Å². The van der Waals surface area contributed by atoms with Crippen LogP contribution in [0.1, 0.15) is 10.5 Å². The number of alkyl halides is 2. The van der Waals surface area contributed by atoms with Crippen molar-refractivity contribution in [2.24, 2.45) is 7.05 Å². The van der Waals surface area contributed by atoms with Crippen LogP contribution in [0.3, 0.4) is 0 Å². The summed E-state index contributed by atoms with van der Waals surface area (Å²) in [5.41, 5.74) is 0.196. The molecule has 0 radical (unpaired) electrons. The summed E-state index contributed by atoms with van der Waals surface area (Å²) in [6.45, 7) is -3.13. The summed E-state index contributed by atoms with van der Waals surface area (Å²) in [5, 5.41) is 6.30. The molecule has 1 aromatic heterocycles. The number of aryl methyl sites for hydroxylation is 1. The molecule has 2 aromatic rings. The second-order valence-corrected chi connectivity index (χ2v) is 5.10. The van der Waals surface area contributed by atoms with Gasteiger partial charge in [-0.15, -0.1) is 0 Å². The highest BCUT2D eigenvalue weighted by Gasteiger charge is 2.18. The van der Waals surface area contributed by atoms with Gasteiger partial charge in [-0.3, -0.25) is 9.48 Å². The Kier molecular flexibility index (Phi) is 4.70. The largest absolute Gasteiger partial charge is 0.432 e. The molecule has 0 unspecified atom stereocenters. The molecule has 112 valence electrons. The molecule has 1 amide bonds. The minimum Gasteiger partial charge on any atom is -0.432 e. The lowest BCUT2D eigenvalue weighted by molar-refractivity contribution is -0.0495. The van der Waals surface area contributed by atoms with Crippen LogP contribution in [0.4, 0.5) is 18.9 Å². The number of amides is 1. The molecule has 0 spiro atoms. The van der Waals surface area contributed by atoms with Gasteiger partial charge >= 0.3 is 6.61 Å². The Balaban J connectivity index is 2.29. The number of benzene rings is 1. The van der Waals surface area contributed by atoms with Crippen LogP contribution in [0.5, 0.6) is 5.75 Å². The predicted octanol–water partition coefficient (Wildman–Crippen LogP) is 3.02. The maximum absolute atomic E-state index is 13.1. The van der Waals surface area contributed by atoms with Crippen molar-refractivity contribution in [3.05, 3.63) is 39.5 Å². The van der Waals surface area contributed by atoms with Gasteiger partial charge in [0.25, 0.3) is 5.91 Å². The van der Waals surface area contributed by atoms with Crippen LogP contribution in [0, 0.1) is 9.39 Å². The van der Waals surface area contributed by atoms with Crippen molar-refractivity contribution in [2.75, 3.05) is 5.32 Å². The van der Waals surface area contributed by atoms with Crippen LogP contribution in [-0.2, 0) is 7.05 Å². The van der Waals surface area contributed by atoms with Gasteiger partial charge in [-0.25, -0.2) is 4.39 Å². The van der Waals surface area contributed by atoms with E-state index in [1.54, 1.807) is 7.05 Å². The third-order valence-corrected chi connectivity index (χ3v) is 3.31. The van der Waals surface area contributed by atoms with Crippen LogP contribution >= 0.6 is 22.6 Å². The van der Waals surface area contributed by atoms with E-state index < -0.39 is 24.1 Å². The molecule has 0 aliphatic carbocycles.